The number of nitrogens with one attached hydrogen (secondary N) is 1. The van der Waals surface area contributed by atoms with Crippen molar-refractivity contribution in [3.8, 4) is 0 Å². The minimum atomic E-state index is -3.07. The number of halogens is 1. The second-order valence-electron chi connectivity index (χ2n) is 7.43. The van der Waals surface area contributed by atoms with Crippen molar-refractivity contribution in [2.75, 3.05) is 25.4 Å². The first-order valence-electron chi connectivity index (χ1n) is 9.37. The number of amides is 2. The molecule has 2 heterocycles. The fourth-order valence-electron chi connectivity index (χ4n) is 4.05. The van der Waals surface area contributed by atoms with Gasteiger partial charge in [0.2, 0.25) is 0 Å². The molecule has 2 aliphatic heterocycles. The molecule has 2 aliphatic rings. The van der Waals surface area contributed by atoms with Gasteiger partial charge in [-0.15, -0.1) is 0 Å². The van der Waals surface area contributed by atoms with Crippen molar-refractivity contribution in [1.82, 2.24) is 10.2 Å². The SMILES string of the molecule is Cc1cc(F)ccc1C1CCN(C(=O)NC[C@H]2CCCCS2(=O)=O)CC1. The molecule has 3 rings (SSSR count). The third-order valence-corrected chi connectivity index (χ3v) is 7.92. The predicted molar refractivity (Wildman–Crippen MR) is 99.5 cm³/mol. The molecule has 1 aromatic rings. The van der Waals surface area contributed by atoms with Gasteiger partial charge in [-0.2, -0.15) is 0 Å². The zero-order valence-electron chi connectivity index (χ0n) is 15.2. The molecule has 5 nitrogen and oxygen atoms in total. The molecule has 144 valence electrons. The number of carbonyl (C=O) groups is 1. The first-order chi connectivity index (χ1) is 12.4. The van der Waals surface area contributed by atoms with Crippen LogP contribution in [0.2, 0.25) is 0 Å². The number of nitrogens with zero attached hydrogens (tertiary/aromatic N) is 1. The summed E-state index contributed by atoms with van der Waals surface area (Å²) in [6.07, 6.45) is 3.93. The van der Waals surface area contributed by atoms with Crippen molar-refractivity contribution in [2.24, 2.45) is 0 Å². The van der Waals surface area contributed by atoms with Gasteiger partial charge in [-0.05, 0) is 61.8 Å². The van der Waals surface area contributed by atoms with Crippen LogP contribution < -0.4 is 5.32 Å². The molecule has 0 aliphatic carbocycles. The Labute approximate surface area is 154 Å². The van der Waals surface area contributed by atoms with E-state index in [0.29, 0.717) is 25.4 Å². The molecule has 1 atom stereocenters. The maximum Gasteiger partial charge on any atom is 0.317 e. The Hall–Kier alpha value is -1.63. The van der Waals surface area contributed by atoms with E-state index in [1.807, 2.05) is 13.0 Å². The van der Waals surface area contributed by atoms with Crippen molar-refractivity contribution in [3.63, 3.8) is 0 Å². The number of piperidine rings is 1. The van der Waals surface area contributed by atoms with E-state index < -0.39 is 15.1 Å². The van der Waals surface area contributed by atoms with E-state index in [-0.39, 0.29) is 24.1 Å². The summed E-state index contributed by atoms with van der Waals surface area (Å²) in [5.74, 6) is 0.342. The predicted octanol–water partition coefficient (Wildman–Crippen LogP) is 2.99. The monoisotopic (exact) mass is 382 g/mol. The molecule has 0 radical (unpaired) electrons. The van der Waals surface area contributed by atoms with Crippen molar-refractivity contribution in [2.45, 2.75) is 50.2 Å². The number of urea groups is 1. The van der Waals surface area contributed by atoms with Gasteiger partial charge in [0, 0.05) is 19.6 Å². The van der Waals surface area contributed by atoms with Crippen molar-refractivity contribution in [1.29, 1.82) is 0 Å². The fourth-order valence-corrected chi connectivity index (χ4v) is 5.86. The highest BCUT2D eigenvalue weighted by Crippen LogP contribution is 2.30. The van der Waals surface area contributed by atoms with E-state index in [1.54, 1.807) is 11.0 Å². The molecule has 1 aromatic carbocycles. The third kappa shape index (κ3) is 4.37. The van der Waals surface area contributed by atoms with Crippen LogP contribution in [0.1, 0.15) is 49.1 Å². The van der Waals surface area contributed by atoms with Gasteiger partial charge in [0.15, 0.2) is 9.84 Å². The molecule has 7 heteroatoms. The molecule has 0 aromatic heterocycles. The molecule has 0 bridgehead atoms. The molecule has 26 heavy (non-hydrogen) atoms. The van der Waals surface area contributed by atoms with E-state index in [1.165, 1.54) is 6.07 Å². The Balaban J connectivity index is 1.50. The van der Waals surface area contributed by atoms with Gasteiger partial charge < -0.3 is 10.2 Å². The quantitative estimate of drug-likeness (QED) is 0.874. The van der Waals surface area contributed by atoms with E-state index >= 15 is 0 Å². The van der Waals surface area contributed by atoms with Gasteiger partial charge in [-0.1, -0.05) is 12.5 Å². The van der Waals surface area contributed by atoms with Crippen LogP contribution in [-0.2, 0) is 9.84 Å². The number of aryl methyl sites for hydroxylation is 1. The standard InChI is InChI=1S/C19H27FN2O3S/c1-14-12-16(20)5-6-18(14)15-7-9-22(10-8-15)19(23)21-13-17-4-2-3-11-26(17,24)25/h5-6,12,15,17H,2-4,7-11,13H2,1H3,(H,21,23)/t17-/m1/s1. The number of sulfone groups is 1. The average Bonchev–Trinajstić information content (AvgIpc) is 2.60. The van der Waals surface area contributed by atoms with Crippen LogP contribution in [0.25, 0.3) is 0 Å². The normalized spacial score (nSPS) is 23.6. The molecular formula is C19H27FN2O3S. The summed E-state index contributed by atoms with van der Waals surface area (Å²) >= 11 is 0. The zero-order valence-corrected chi connectivity index (χ0v) is 16.0. The Morgan fingerprint density at radius 1 is 1.23 bits per heavy atom. The minimum Gasteiger partial charge on any atom is -0.337 e. The van der Waals surface area contributed by atoms with E-state index in [9.17, 15) is 17.6 Å². The fraction of sp³-hybridized carbons (Fsp3) is 0.632. The third-order valence-electron chi connectivity index (χ3n) is 5.65. The molecule has 0 spiro atoms. The summed E-state index contributed by atoms with van der Waals surface area (Å²) in [4.78, 5) is 14.1. The first-order valence-corrected chi connectivity index (χ1v) is 11.1. The van der Waals surface area contributed by atoms with Crippen molar-refractivity contribution in [3.05, 3.63) is 35.1 Å². The lowest BCUT2D eigenvalue weighted by Gasteiger charge is -2.33. The van der Waals surface area contributed by atoms with Crippen LogP contribution in [0.4, 0.5) is 9.18 Å². The number of likely N-dealkylation sites (tertiary alicyclic amines) is 1. The van der Waals surface area contributed by atoms with Gasteiger partial charge >= 0.3 is 6.03 Å². The summed E-state index contributed by atoms with van der Waals surface area (Å²) in [6, 6.07) is 4.71. The van der Waals surface area contributed by atoms with Crippen molar-refractivity contribution >= 4 is 15.9 Å². The second kappa shape index (κ2) is 7.94. The summed E-state index contributed by atoms with van der Waals surface area (Å²) in [5, 5.41) is 2.36. The van der Waals surface area contributed by atoms with E-state index in [2.05, 4.69) is 5.32 Å². The van der Waals surface area contributed by atoms with Crippen LogP contribution in [-0.4, -0.2) is 50.0 Å². The minimum absolute atomic E-state index is 0.181. The Morgan fingerprint density at radius 3 is 2.62 bits per heavy atom. The maximum absolute atomic E-state index is 13.3. The van der Waals surface area contributed by atoms with Crippen LogP contribution in [0.15, 0.2) is 18.2 Å². The number of hydrogen-bond acceptors (Lipinski definition) is 3. The summed E-state index contributed by atoms with van der Waals surface area (Å²) < 4.78 is 37.3. The lowest BCUT2D eigenvalue weighted by atomic mass is 9.87. The van der Waals surface area contributed by atoms with Gasteiger partial charge in [0.25, 0.3) is 0 Å². The highest BCUT2D eigenvalue weighted by atomic mass is 32.2. The van der Waals surface area contributed by atoms with Crippen LogP contribution >= 0.6 is 0 Å². The molecular weight excluding hydrogens is 355 g/mol. The summed E-state index contributed by atoms with van der Waals surface area (Å²) in [5.41, 5.74) is 2.11. The van der Waals surface area contributed by atoms with Gasteiger partial charge in [-0.3, -0.25) is 0 Å². The Morgan fingerprint density at radius 2 is 1.96 bits per heavy atom. The first kappa shape index (κ1) is 19.1. The number of carbonyl (C=O) groups excluding carboxylic acids is 1. The van der Waals surface area contributed by atoms with Crippen molar-refractivity contribution < 1.29 is 17.6 Å². The lowest BCUT2D eigenvalue weighted by Crippen LogP contribution is -2.47. The molecule has 2 amide bonds. The van der Waals surface area contributed by atoms with Crippen LogP contribution in [0.3, 0.4) is 0 Å². The molecule has 2 saturated heterocycles. The molecule has 0 saturated carbocycles. The topological polar surface area (TPSA) is 66.5 Å². The number of benzene rings is 1. The Kier molecular flexibility index (Phi) is 5.85. The van der Waals surface area contributed by atoms with Gasteiger partial charge in [0.05, 0.1) is 11.0 Å². The average molecular weight is 383 g/mol. The second-order valence-corrected chi connectivity index (χ2v) is 9.83. The van der Waals surface area contributed by atoms with E-state index in [0.717, 1.165) is 36.8 Å². The summed E-state index contributed by atoms with van der Waals surface area (Å²) in [6.45, 7) is 3.38. The highest BCUT2D eigenvalue weighted by molar-refractivity contribution is 7.92. The number of rotatable bonds is 3. The molecule has 1 N–H and O–H groups in total. The smallest absolute Gasteiger partial charge is 0.317 e. The zero-order chi connectivity index (χ0) is 18.7. The lowest BCUT2D eigenvalue weighted by molar-refractivity contribution is 0.181. The molecule has 2 fully saturated rings. The maximum atomic E-state index is 13.3. The highest BCUT2D eigenvalue weighted by Gasteiger charge is 2.30. The van der Waals surface area contributed by atoms with Crippen LogP contribution in [0, 0.1) is 12.7 Å². The molecule has 0 unspecified atom stereocenters. The Bertz CT molecular complexity index is 758. The van der Waals surface area contributed by atoms with Gasteiger partial charge in [-0.25, -0.2) is 17.6 Å². The number of hydrogen-bond donors (Lipinski definition) is 1. The van der Waals surface area contributed by atoms with Crippen LogP contribution in [0.5, 0.6) is 0 Å². The van der Waals surface area contributed by atoms with E-state index in [4.69, 9.17) is 0 Å². The summed E-state index contributed by atoms with van der Waals surface area (Å²) in [7, 11) is -3.07. The van der Waals surface area contributed by atoms with Gasteiger partial charge in [0.1, 0.15) is 5.82 Å². The largest absolute Gasteiger partial charge is 0.337 e.